The van der Waals surface area contributed by atoms with Crippen molar-refractivity contribution >= 4 is 66.7 Å². The number of imidazole rings is 1. The van der Waals surface area contributed by atoms with Crippen molar-refractivity contribution in [1.29, 1.82) is 0 Å². The zero-order valence-corrected chi connectivity index (χ0v) is 34.0. The van der Waals surface area contributed by atoms with Gasteiger partial charge in [0.2, 0.25) is 0 Å². The third-order valence-electron chi connectivity index (χ3n) is 11.2. The number of anilines is 1. The summed E-state index contributed by atoms with van der Waals surface area (Å²) < 4.78 is 26.5. The SMILES string of the molecule is COC1/C=C/OC2(C)Oc3ccc4cc(c5c(nc6c(Br)cccn65)c4c3C2=O)NC(=O)/C(C)=C(C)/C=C/C(C)C(O)C(C)C(O)C(C)C(OC(C)=O)C1C. The number of fused-ring (bicyclic) bond motifs is 2. The average molecular weight is 819 g/mol. The Bertz CT molecular complexity index is 2280. The van der Waals surface area contributed by atoms with Gasteiger partial charge in [-0.15, -0.1) is 0 Å². The van der Waals surface area contributed by atoms with Gasteiger partial charge < -0.3 is 34.5 Å². The summed E-state index contributed by atoms with van der Waals surface area (Å²) >= 11 is 3.61. The Morgan fingerprint density at radius 2 is 1.76 bits per heavy atom. The summed E-state index contributed by atoms with van der Waals surface area (Å²) in [6.45, 7) is 13.5. The minimum atomic E-state index is -1.75. The van der Waals surface area contributed by atoms with E-state index in [2.05, 4.69) is 21.2 Å². The van der Waals surface area contributed by atoms with Crippen LogP contribution in [0.25, 0.3) is 27.5 Å². The van der Waals surface area contributed by atoms with Crippen LogP contribution in [0.2, 0.25) is 0 Å². The molecule has 4 bridgehead atoms. The van der Waals surface area contributed by atoms with E-state index in [0.717, 1.165) is 4.47 Å². The molecule has 13 heteroatoms. The molecule has 292 valence electrons. The van der Waals surface area contributed by atoms with E-state index in [-0.39, 0.29) is 5.91 Å². The van der Waals surface area contributed by atoms with Crippen molar-refractivity contribution in [3.63, 3.8) is 0 Å². The normalized spacial score (nSPS) is 32.1. The number of nitrogens with zero attached hydrogens (tertiary/aromatic N) is 2. The number of esters is 1. The number of carbonyl (C=O) groups is 3. The Labute approximate surface area is 328 Å². The molecule has 6 rings (SSSR count). The van der Waals surface area contributed by atoms with Gasteiger partial charge in [0, 0.05) is 61.8 Å². The second kappa shape index (κ2) is 15.5. The molecule has 0 radical (unpaired) electrons. The van der Waals surface area contributed by atoms with E-state index in [9.17, 15) is 24.6 Å². The molecule has 0 spiro atoms. The highest BCUT2D eigenvalue weighted by Crippen LogP contribution is 2.45. The largest absolute Gasteiger partial charge is 0.462 e. The number of aliphatic hydroxyl groups excluding tert-OH is 2. The van der Waals surface area contributed by atoms with Gasteiger partial charge >= 0.3 is 11.8 Å². The molecular weight excluding hydrogens is 770 g/mol. The second-order valence-corrected chi connectivity index (χ2v) is 15.8. The summed E-state index contributed by atoms with van der Waals surface area (Å²) in [4.78, 5) is 45.6. The van der Waals surface area contributed by atoms with Crippen molar-refractivity contribution in [3.8, 4) is 5.75 Å². The Morgan fingerprint density at radius 3 is 2.45 bits per heavy atom. The number of ketones is 1. The molecule has 4 heterocycles. The van der Waals surface area contributed by atoms with Gasteiger partial charge in [-0.2, -0.15) is 0 Å². The molecule has 0 fully saturated rings. The predicted molar refractivity (Wildman–Crippen MR) is 213 cm³/mol. The molecule has 2 aliphatic heterocycles. The minimum Gasteiger partial charge on any atom is -0.462 e. The quantitative estimate of drug-likeness (QED) is 0.176. The zero-order chi connectivity index (χ0) is 40.1. The number of Topliss-reactive ketones (excluding diaryl/α,β-unsaturated/α-hetero) is 1. The highest BCUT2D eigenvalue weighted by Gasteiger charge is 2.48. The number of methoxy groups -OCH3 is 1. The molecule has 3 N–H and O–H groups in total. The predicted octanol–water partition coefficient (Wildman–Crippen LogP) is 7.28. The maximum absolute atomic E-state index is 14.4. The number of carbonyl (C=O) groups excluding carboxylic acids is 3. The molecule has 4 aromatic rings. The summed E-state index contributed by atoms with van der Waals surface area (Å²) in [5.41, 5.74) is 3.56. The van der Waals surface area contributed by atoms with Gasteiger partial charge in [0.25, 0.3) is 11.7 Å². The van der Waals surface area contributed by atoms with Crippen LogP contribution in [0.5, 0.6) is 5.75 Å². The molecule has 0 saturated heterocycles. The number of nitrogens with one attached hydrogen (secondary N) is 1. The van der Waals surface area contributed by atoms with Crippen molar-refractivity contribution in [2.24, 2.45) is 23.7 Å². The van der Waals surface area contributed by atoms with Crippen LogP contribution in [0.15, 0.2) is 76.6 Å². The first-order valence-electron chi connectivity index (χ1n) is 18.4. The maximum atomic E-state index is 14.4. The highest BCUT2D eigenvalue weighted by molar-refractivity contribution is 9.10. The molecule has 0 saturated carbocycles. The topological polar surface area (TPSA) is 158 Å². The number of amides is 1. The number of pyridine rings is 1. The Kier molecular flexibility index (Phi) is 11.3. The highest BCUT2D eigenvalue weighted by atomic mass is 79.9. The number of hydrogen-bond donors (Lipinski definition) is 3. The monoisotopic (exact) mass is 817 g/mol. The van der Waals surface area contributed by atoms with Gasteiger partial charge in [0.05, 0.1) is 45.8 Å². The molecule has 2 aromatic heterocycles. The lowest BCUT2D eigenvalue weighted by Gasteiger charge is -2.38. The van der Waals surface area contributed by atoms with Crippen LogP contribution in [0.4, 0.5) is 5.69 Å². The first-order chi connectivity index (χ1) is 26.0. The standard InChI is InChI=1S/C42H48BrN3O9/c1-20-12-13-21(2)36(48)24(5)37(49)25(6)38(54-26(7)47)23(4)30(52-9)16-18-53-42(8)39(50)33-31(55-42)15-14-27-19-29(44-41(51)22(20)3)35-34(32(27)33)45-40-28(43)11-10-17-46(35)40/h10-19,21,23-25,30,36-38,48-49H,1-9H3,(H,44,51)/b13-12+,18-16+,22-20+. The van der Waals surface area contributed by atoms with E-state index < -0.39 is 65.6 Å². The van der Waals surface area contributed by atoms with Crippen molar-refractivity contribution in [2.75, 3.05) is 12.4 Å². The lowest BCUT2D eigenvalue weighted by molar-refractivity contribution is -0.160. The first kappa shape index (κ1) is 40.1. The number of aliphatic hydroxyl groups is 2. The summed E-state index contributed by atoms with van der Waals surface area (Å²) in [7, 11) is 1.50. The van der Waals surface area contributed by atoms with Crippen molar-refractivity contribution in [1.82, 2.24) is 9.38 Å². The number of hydrogen-bond acceptors (Lipinski definition) is 10. The molecular formula is C42H48BrN3O9. The summed E-state index contributed by atoms with van der Waals surface area (Å²) in [5, 5.41) is 27.3. The molecule has 9 unspecified atom stereocenters. The van der Waals surface area contributed by atoms with E-state index in [0.29, 0.717) is 55.6 Å². The zero-order valence-electron chi connectivity index (χ0n) is 32.4. The van der Waals surface area contributed by atoms with Crippen molar-refractivity contribution in [3.05, 3.63) is 82.2 Å². The van der Waals surface area contributed by atoms with E-state index >= 15 is 0 Å². The molecule has 1 amide bonds. The van der Waals surface area contributed by atoms with Crippen LogP contribution in [0.3, 0.4) is 0 Å². The Balaban J connectivity index is 1.53. The molecule has 12 nitrogen and oxygen atoms in total. The van der Waals surface area contributed by atoms with Crippen LogP contribution >= 0.6 is 15.9 Å². The number of aromatic nitrogens is 2. The van der Waals surface area contributed by atoms with Gasteiger partial charge in [-0.25, -0.2) is 4.98 Å². The number of rotatable bonds is 2. The summed E-state index contributed by atoms with van der Waals surface area (Å²) in [5.74, 6) is -4.92. The third kappa shape index (κ3) is 7.30. The van der Waals surface area contributed by atoms with Crippen LogP contribution in [0, 0.1) is 23.7 Å². The lowest BCUT2D eigenvalue weighted by atomic mass is 9.78. The van der Waals surface area contributed by atoms with Gasteiger partial charge in [0.15, 0.2) is 5.65 Å². The summed E-state index contributed by atoms with van der Waals surface area (Å²) in [6.07, 6.45) is 4.83. The average Bonchev–Trinajstić information content (AvgIpc) is 3.68. The van der Waals surface area contributed by atoms with E-state index in [1.807, 2.05) is 61.7 Å². The lowest BCUT2D eigenvalue weighted by Crippen LogP contribution is -2.46. The fraction of sp³-hybridized carbons (Fsp3) is 0.429. The fourth-order valence-electron chi connectivity index (χ4n) is 7.70. The second-order valence-electron chi connectivity index (χ2n) is 15.0. The molecule has 2 aliphatic rings. The number of benzene rings is 2. The molecule has 0 aliphatic carbocycles. The van der Waals surface area contributed by atoms with Crippen LogP contribution in [-0.2, 0) is 23.8 Å². The fourth-order valence-corrected chi connectivity index (χ4v) is 8.14. The molecule has 9 atom stereocenters. The minimum absolute atomic E-state index is 0.294. The number of allylic oxidation sites excluding steroid dienone is 2. The van der Waals surface area contributed by atoms with Crippen molar-refractivity contribution < 1.29 is 43.5 Å². The van der Waals surface area contributed by atoms with Crippen LogP contribution in [0.1, 0.15) is 65.7 Å². The number of ether oxygens (including phenoxy) is 4. The van der Waals surface area contributed by atoms with Gasteiger partial charge in [0.1, 0.15) is 17.4 Å². The van der Waals surface area contributed by atoms with E-state index in [4.69, 9.17) is 23.9 Å². The van der Waals surface area contributed by atoms with Gasteiger partial charge in [-0.05, 0) is 71.1 Å². The third-order valence-corrected chi connectivity index (χ3v) is 11.8. The smallest absolute Gasteiger partial charge is 0.312 e. The van der Waals surface area contributed by atoms with Crippen molar-refractivity contribution in [2.45, 2.75) is 85.6 Å². The van der Waals surface area contributed by atoms with Crippen LogP contribution in [-0.4, -0.2) is 74.6 Å². The Hall–Kier alpha value is -4.56. The Morgan fingerprint density at radius 1 is 1.04 bits per heavy atom. The summed E-state index contributed by atoms with van der Waals surface area (Å²) in [6, 6.07) is 9.06. The number of halogens is 1. The molecule has 55 heavy (non-hydrogen) atoms. The van der Waals surface area contributed by atoms with E-state index in [1.54, 1.807) is 39.0 Å². The van der Waals surface area contributed by atoms with Gasteiger partial charge in [-0.3, -0.25) is 18.8 Å². The van der Waals surface area contributed by atoms with Crippen LogP contribution < -0.4 is 10.1 Å². The van der Waals surface area contributed by atoms with E-state index in [1.165, 1.54) is 27.2 Å². The first-order valence-corrected chi connectivity index (χ1v) is 19.2. The maximum Gasteiger partial charge on any atom is 0.312 e. The molecule has 2 aromatic carbocycles. The van der Waals surface area contributed by atoms with Gasteiger partial charge in [-0.1, -0.05) is 45.9 Å².